The number of halogens is 1. The predicted molar refractivity (Wildman–Crippen MR) is 83.7 cm³/mol. The van der Waals surface area contributed by atoms with Crippen molar-refractivity contribution in [1.82, 2.24) is 0 Å². The summed E-state index contributed by atoms with van der Waals surface area (Å²) in [4.78, 5) is 11.5. The molecule has 0 amide bonds. The van der Waals surface area contributed by atoms with Crippen molar-refractivity contribution in [2.45, 2.75) is 40.5 Å². The topological polar surface area (TPSA) is 35.5 Å². The summed E-state index contributed by atoms with van der Waals surface area (Å²) >= 11 is 0. The molecule has 0 unspecified atom stereocenters. The second-order valence-corrected chi connectivity index (χ2v) is 5.60. The summed E-state index contributed by atoms with van der Waals surface area (Å²) in [5.74, 6) is 0.759. The smallest absolute Gasteiger partial charge is 0.311 e. The number of hydrogen-bond acceptors (Lipinski definition) is 3. The van der Waals surface area contributed by atoms with Crippen molar-refractivity contribution in [3.63, 3.8) is 0 Å². The van der Waals surface area contributed by atoms with Crippen LogP contribution in [-0.4, -0.2) is 19.7 Å². The molecular formula is C16H25ClO3. The Morgan fingerprint density at radius 3 is 2.50 bits per heavy atom. The van der Waals surface area contributed by atoms with Gasteiger partial charge in [-0.15, -0.1) is 12.4 Å². The Bertz CT molecular complexity index is 441. The van der Waals surface area contributed by atoms with E-state index in [0.29, 0.717) is 6.61 Å². The van der Waals surface area contributed by atoms with Crippen LogP contribution in [0.1, 0.15) is 37.8 Å². The van der Waals surface area contributed by atoms with Gasteiger partial charge in [-0.05, 0) is 57.7 Å². The molecule has 1 aromatic carbocycles. The molecule has 0 aliphatic carbocycles. The summed E-state index contributed by atoms with van der Waals surface area (Å²) in [6, 6.07) is 6.17. The van der Waals surface area contributed by atoms with Gasteiger partial charge in [-0.1, -0.05) is 12.1 Å². The van der Waals surface area contributed by atoms with Crippen LogP contribution in [0.15, 0.2) is 18.2 Å². The number of hydrogen-bond donors (Lipinski definition) is 0. The average molecular weight is 301 g/mol. The zero-order valence-electron chi connectivity index (χ0n) is 13.0. The monoisotopic (exact) mass is 300 g/mol. The Kier molecular flexibility index (Phi) is 7.66. The largest absolute Gasteiger partial charge is 0.493 e. The molecule has 0 saturated heterocycles. The average Bonchev–Trinajstić information content (AvgIpc) is 2.37. The van der Waals surface area contributed by atoms with Crippen molar-refractivity contribution in [3.8, 4) is 5.75 Å². The maximum atomic E-state index is 11.5. The van der Waals surface area contributed by atoms with E-state index in [2.05, 4.69) is 12.1 Å². The summed E-state index contributed by atoms with van der Waals surface area (Å²) in [6.07, 6.45) is 1.58. The normalized spacial score (nSPS) is 10.7. The molecule has 1 aromatic rings. The third-order valence-corrected chi connectivity index (χ3v) is 3.29. The van der Waals surface area contributed by atoms with Crippen molar-refractivity contribution in [1.29, 1.82) is 0 Å². The van der Waals surface area contributed by atoms with Crippen LogP contribution in [0, 0.1) is 19.3 Å². The maximum Gasteiger partial charge on any atom is 0.311 e. The highest BCUT2D eigenvalue weighted by atomic mass is 35.5. The maximum absolute atomic E-state index is 11.5. The lowest BCUT2D eigenvalue weighted by Gasteiger charge is -2.21. The van der Waals surface area contributed by atoms with Crippen LogP contribution in [-0.2, 0) is 9.53 Å². The van der Waals surface area contributed by atoms with E-state index in [-0.39, 0.29) is 18.4 Å². The first-order chi connectivity index (χ1) is 8.86. The molecule has 0 aromatic heterocycles. The summed E-state index contributed by atoms with van der Waals surface area (Å²) in [7, 11) is 1.43. The standard InChI is InChI=1S/C16H24O3.ClH/c1-12-7-8-13(2)14(11-12)19-10-6-9-16(3,4)15(17)18-5;/h7-8,11H,6,9-10H2,1-5H3;1H. The van der Waals surface area contributed by atoms with E-state index in [0.717, 1.165) is 24.2 Å². The van der Waals surface area contributed by atoms with Gasteiger partial charge < -0.3 is 9.47 Å². The van der Waals surface area contributed by atoms with E-state index in [9.17, 15) is 4.79 Å². The third-order valence-electron chi connectivity index (χ3n) is 3.29. The minimum Gasteiger partial charge on any atom is -0.493 e. The number of ether oxygens (including phenoxy) is 2. The fourth-order valence-electron chi connectivity index (χ4n) is 1.94. The quantitative estimate of drug-likeness (QED) is 0.586. The van der Waals surface area contributed by atoms with Crippen molar-refractivity contribution < 1.29 is 14.3 Å². The molecule has 0 N–H and O–H groups in total. The van der Waals surface area contributed by atoms with Gasteiger partial charge in [0.2, 0.25) is 0 Å². The van der Waals surface area contributed by atoms with Crippen LogP contribution >= 0.6 is 12.4 Å². The van der Waals surface area contributed by atoms with Crippen LogP contribution in [0.3, 0.4) is 0 Å². The number of rotatable bonds is 6. The van der Waals surface area contributed by atoms with Crippen molar-refractivity contribution in [2.24, 2.45) is 5.41 Å². The van der Waals surface area contributed by atoms with Gasteiger partial charge in [0.25, 0.3) is 0 Å². The number of benzene rings is 1. The second kappa shape index (κ2) is 8.15. The van der Waals surface area contributed by atoms with Crippen LogP contribution in [0.4, 0.5) is 0 Å². The number of carbonyl (C=O) groups excluding carboxylic acids is 1. The van der Waals surface area contributed by atoms with Crippen LogP contribution < -0.4 is 4.74 Å². The zero-order valence-corrected chi connectivity index (χ0v) is 13.8. The van der Waals surface area contributed by atoms with Gasteiger partial charge in [-0.3, -0.25) is 4.79 Å². The highest BCUT2D eigenvalue weighted by Crippen LogP contribution is 2.25. The fourth-order valence-corrected chi connectivity index (χ4v) is 1.94. The Balaban J connectivity index is 0.00000361. The minimum atomic E-state index is -0.445. The van der Waals surface area contributed by atoms with Gasteiger partial charge in [0.15, 0.2) is 0 Å². The Morgan fingerprint density at radius 1 is 1.25 bits per heavy atom. The summed E-state index contributed by atoms with van der Waals surface area (Å²) < 4.78 is 10.6. The minimum absolute atomic E-state index is 0. The van der Waals surface area contributed by atoms with Crippen LogP contribution in [0.2, 0.25) is 0 Å². The Hall–Kier alpha value is -1.22. The van der Waals surface area contributed by atoms with E-state index in [1.54, 1.807) is 0 Å². The summed E-state index contributed by atoms with van der Waals surface area (Å²) in [6.45, 7) is 8.50. The van der Waals surface area contributed by atoms with Gasteiger partial charge in [-0.25, -0.2) is 0 Å². The van der Waals surface area contributed by atoms with Crippen molar-refractivity contribution in [2.75, 3.05) is 13.7 Å². The SMILES string of the molecule is COC(=O)C(C)(C)CCCOc1cc(C)ccc1C.Cl. The molecule has 0 spiro atoms. The lowest BCUT2D eigenvalue weighted by molar-refractivity contribution is -0.151. The van der Waals surface area contributed by atoms with Gasteiger partial charge in [-0.2, -0.15) is 0 Å². The molecule has 0 radical (unpaired) electrons. The van der Waals surface area contributed by atoms with Crippen LogP contribution in [0.25, 0.3) is 0 Å². The second-order valence-electron chi connectivity index (χ2n) is 5.60. The highest BCUT2D eigenvalue weighted by molar-refractivity contribution is 5.85. The molecule has 0 heterocycles. The molecule has 114 valence electrons. The molecule has 0 aliphatic rings. The van der Waals surface area contributed by atoms with E-state index < -0.39 is 5.41 Å². The fraction of sp³-hybridized carbons (Fsp3) is 0.562. The number of aryl methyl sites for hydroxylation is 2. The first-order valence-electron chi connectivity index (χ1n) is 6.65. The van der Waals surface area contributed by atoms with Crippen molar-refractivity contribution >= 4 is 18.4 Å². The van der Waals surface area contributed by atoms with Crippen LogP contribution in [0.5, 0.6) is 5.75 Å². The molecule has 0 saturated carbocycles. The van der Waals surface area contributed by atoms with E-state index >= 15 is 0 Å². The Morgan fingerprint density at radius 2 is 1.90 bits per heavy atom. The molecular weight excluding hydrogens is 276 g/mol. The van der Waals surface area contributed by atoms with E-state index in [1.165, 1.54) is 12.7 Å². The summed E-state index contributed by atoms with van der Waals surface area (Å²) in [5, 5.41) is 0. The molecule has 0 aliphatic heterocycles. The molecule has 0 fully saturated rings. The summed E-state index contributed by atoms with van der Waals surface area (Å²) in [5.41, 5.74) is 1.88. The lowest BCUT2D eigenvalue weighted by Crippen LogP contribution is -2.26. The van der Waals surface area contributed by atoms with Gasteiger partial charge >= 0.3 is 5.97 Å². The Labute approximate surface area is 128 Å². The number of carbonyl (C=O) groups is 1. The first-order valence-corrected chi connectivity index (χ1v) is 6.65. The number of methoxy groups -OCH3 is 1. The molecule has 1 rings (SSSR count). The molecule has 3 nitrogen and oxygen atoms in total. The molecule has 0 atom stereocenters. The van der Waals surface area contributed by atoms with Crippen molar-refractivity contribution in [3.05, 3.63) is 29.3 Å². The number of esters is 1. The molecule has 0 bridgehead atoms. The third kappa shape index (κ3) is 5.41. The predicted octanol–water partition coefficient (Wildman–Crippen LogP) is 4.08. The molecule has 20 heavy (non-hydrogen) atoms. The van der Waals surface area contributed by atoms with E-state index in [4.69, 9.17) is 9.47 Å². The van der Waals surface area contributed by atoms with Gasteiger partial charge in [0.05, 0.1) is 19.1 Å². The van der Waals surface area contributed by atoms with E-state index in [1.807, 2.05) is 33.8 Å². The lowest BCUT2D eigenvalue weighted by atomic mass is 9.88. The van der Waals surface area contributed by atoms with Gasteiger partial charge in [0.1, 0.15) is 5.75 Å². The van der Waals surface area contributed by atoms with Gasteiger partial charge in [0, 0.05) is 0 Å². The first kappa shape index (κ1) is 18.8. The zero-order chi connectivity index (χ0) is 14.5. The molecule has 4 heteroatoms. The highest BCUT2D eigenvalue weighted by Gasteiger charge is 2.27.